The van der Waals surface area contributed by atoms with E-state index in [9.17, 15) is 4.79 Å². The largest absolute Gasteiger partial charge is 0.494 e. The minimum Gasteiger partial charge on any atom is -0.494 e. The fraction of sp³-hybridized carbons (Fsp3) is 0.125. The van der Waals surface area contributed by atoms with Crippen molar-refractivity contribution < 1.29 is 9.53 Å². The number of rotatable bonds is 6. The summed E-state index contributed by atoms with van der Waals surface area (Å²) in [5.74, 6) is 0.940. The van der Waals surface area contributed by atoms with Crippen LogP contribution in [0.15, 0.2) is 72.8 Å². The highest BCUT2D eigenvalue weighted by Crippen LogP contribution is 2.25. The summed E-state index contributed by atoms with van der Waals surface area (Å²) in [5.41, 5.74) is 3.29. The van der Waals surface area contributed by atoms with E-state index >= 15 is 0 Å². The maximum atomic E-state index is 12.8. The highest BCUT2D eigenvalue weighted by Gasteiger charge is 2.19. The summed E-state index contributed by atoms with van der Waals surface area (Å²) < 4.78 is 7.15. The van der Waals surface area contributed by atoms with Crippen LogP contribution in [0.4, 0.5) is 5.69 Å². The summed E-state index contributed by atoms with van der Waals surface area (Å²) in [6.07, 6.45) is 0. The molecule has 0 fully saturated rings. The van der Waals surface area contributed by atoms with Crippen LogP contribution in [0.1, 0.15) is 23.1 Å². The summed E-state index contributed by atoms with van der Waals surface area (Å²) in [6, 6.07) is 22.3. The Morgan fingerprint density at radius 2 is 1.81 bits per heavy atom. The van der Waals surface area contributed by atoms with E-state index < -0.39 is 5.91 Å². The third kappa shape index (κ3) is 4.75. The average Bonchev–Trinajstić information content (AvgIpc) is 3.22. The van der Waals surface area contributed by atoms with Crippen LogP contribution in [0.25, 0.3) is 17.1 Å². The molecule has 4 rings (SSSR count). The minimum atomic E-state index is -0.392. The number of halogens is 1. The summed E-state index contributed by atoms with van der Waals surface area (Å²) in [4.78, 5) is 17.4. The monoisotopic (exact) mass is 432 g/mol. The molecule has 0 aliphatic heterocycles. The number of hydrogen-bond acceptors (Lipinski definition) is 4. The third-order valence-electron chi connectivity index (χ3n) is 4.59. The molecule has 1 aromatic heterocycles. The van der Waals surface area contributed by atoms with Crippen molar-refractivity contribution in [3.63, 3.8) is 0 Å². The van der Waals surface area contributed by atoms with Gasteiger partial charge in [0, 0.05) is 16.3 Å². The number of carbonyl (C=O) groups is 1. The van der Waals surface area contributed by atoms with Gasteiger partial charge in [-0.25, -0.2) is 9.67 Å². The Morgan fingerprint density at radius 3 is 2.48 bits per heavy atom. The highest BCUT2D eigenvalue weighted by atomic mass is 35.5. The first-order chi connectivity index (χ1) is 15.0. The number of ether oxygens (including phenoxy) is 1. The van der Waals surface area contributed by atoms with Gasteiger partial charge in [0.2, 0.25) is 5.82 Å². The lowest BCUT2D eigenvalue weighted by molar-refractivity contribution is 0.101. The van der Waals surface area contributed by atoms with Crippen molar-refractivity contribution in [1.29, 1.82) is 0 Å². The summed E-state index contributed by atoms with van der Waals surface area (Å²) >= 11 is 6.18. The van der Waals surface area contributed by atoms with Gasteiger partial charge in [-0.05, 0) is 62.4 Å². The Bertz CT molecular complexity index is 1200. The summed E-state index contributed by atoms with van der Waals surface area (Å²) in [6.45, 7) is 4.50. The van der Waals surface area contributed by atoms with Crippen LogP contribution in [0.3, 0.4) is 0 Å². The molecule has 0 saturated carbocycles. The molecule has 31 heavy (non-hydrogen) atoms. The van der Waals surface area contributed by atoms with E-state index in [1.807, 2.05) is 74.5 Å². The fourth-order valence-electron chi connectivity index (χ4n) is 3.08. The van der Waals surface area contributed by atoms with Gasteiger partial charge in [-0.3, -0.25) is 4.79 Å². The lowest BCUT2D eigenvalue weighted by Gasteiger charge is -2.08. The van der Waals surface area contributed by atoms with Crippen LogP contribution in [0, 0.1) is 6.92 Å². The zero-order valence-corrected chi connectivity index (χ0v) is 17.9. The number of amides is 1. The standard InChI is InChI=1S/C24H21ClN4O2/c1-3-31-21-13-11-20(12-14-21)29-23(17-5-4-6-18(25)15-17)27-22(28-29)24(30)26-19-9-7-16(2)8-10-19/h4-15H,3H2,1-2H3,(H,26,30). The van der Waals surface area contributed by atoms with Gasteiger partial charge in [-0.15, -0.1) is 5.10 Å². The number of nitrogens with one attached hydrogen (secondary N) is 1. The molecule has 3 aromatic carbocycles. The van der Waals surface area contributed by atoms with Gasteiger partial charge in [-0.2, -0.15) is 0 Å². The Kier molecular flexibility index (Phi) is 6.00. The molecule has 0 aliphatic carbocycles. The lowest BCUT2D eigenvalue weighted by Crippen LogP contribution is -2.14. The first kappa shape index (κ1) is 20.6. The molecule has 6 nitrogen and oxygen atoms in total. The molecule has 0 saturated heterocycles. The Morgan fingerprint density at radius 1 is 1.06 bits per heavy atom. The number of carbonyl (C=O) groups excluding carboxylic acids is 1. The molecule has 0 atom stereocenters. The number of anilines is 1. The molecule has 0 radical (unpaired) electrons. The average molecular weight is 433 g/mol. The molecule has 0 bridgehead atoms. The maximum absolute atomic E-state index is 12.8. The number of aromatic nitrogens is 3. The number of hydrogen-bond donors (Lipinski definition) is 1. The van der Waals surface area contributed by atoms with Gasteiger partial charge < -0.3 is 10.1 Å². The van der Waals surface area contributed by atoms with Crippen LogP contribution in [-0.4, -0.2) is 27.3 Å². The predicted octanol–water partition coefficient (Wildman–Crippen LogP) is 5.55. The number of aryl methyl sites for hydroxylation is 1. The van der Waals surface area contributed by atoms with Crippen molar-refractivity contribution in [1.82, 2.24) is 14.8 Å². The molecule has 0 spiro atoms. The van der Waals surface area contributed by atoms with Gasteiger partial charge in [-0.1, -0.05) is 41.4 Å². The normalized spacial score (nSPS) is 10.7. The minimum absolute atomic E-state index is 0.0597. The maximum Gasteiger partial charge on any atom is 0.295 e. The Labute approximate surface area is 185 Å². The smallest absolute Gasteiger partial charge is 0.295 e. The molecule has 0 aliphatic rings. The molecule has 4 aromatic rings. The molecule has 0 unspecified atom stereocenters. The Balaban J connectivity index is 1.72. The molecular weight excluding hydrogens is 412 g/mol. The zero-order valence-electron chi connectivity index (χ0n) is 17.2. The second kappa shape index (κ2) is 9.02. The molecular formula is C24H21ClN4O2. The van der Waals surface area contributed by atoms with Crippen molar-refractivity contribution in [2.45, 2.75) is 13.8 Å². The quantitative estimate of drug-likeness (QED) is 0.434. The number of nitrogens with zero attached hydrogens (tertiary/aromatic N) is 3. The van der Waals surface area contributed by atoms with E-state index in [4.69, 9.17) is 16.3 Å². The molecule has 1 N–H and O–H groups in total. The van der Waals surface area contributed by atoms with Crippen LogP contribution in [0.5, 0.6) is 5.75 Å². The second-order valence-electron chi connectivity index (χ2n) is 6.93. The molecule has 1 amide bonds. The highest BCUT2D eigenvalue weighted by molar-refractivity contribution is 6.30. The van der Waals surface area contributed by atoms with E-state index in [2.05, 4.69) is 15.4 Å². The van der Waals surface area contributed by atoms with Gasteiger partial charge in [0.05, 0.1) is 12.3 Å². The van der Waals surface area contributed by atoms with Crippen LogP contribution < -0.4 is 10.1 Å². The summed E-state index contributed by atoms with van der Waals surface area (Å²) in [7, 11) is 0. The van der Waals surface area contributed by atoms with Crippen LogP contribution in [-0.2, 0) is 0 Å². The topological polar surface area (TPSA) is 69.0 Å². The van der Waals surface area contributed by atoms with E-state index in [1.54, 1.807) is 16.8 Å². The van der Waals surface area contributed by atoms with Gasteiger partial charge >= 0.3 is 0 Å². The van der Waals surface area contributed by atoms with E-state index in [0.717, 1.165) is 22.6 Å². The van der Waals surface area contributed by atoms with E-state index in [0.29, 0.717) is 23.1 Å². The first-order valence-electron chi connectivity index (χ1n) is 9.88. The second-order valence-corrected chi connectivity index (χ2v) is 7.36. The van der Waals surface area contributed by atoms with Crippen molar-refractivity contribution in [3.05, 3.63) is 89.2 Å². The zero-order chi connectivity index (χ0) is 21.8. The predicted molar refractivity (Wildman–Crippen MR) is 122 cm³/mol. The van der Waals surface area contributed by atoms with Gasteiger partial charge in [0.25, 0.3) is 5.91 Å². The van der Waals surface area contributed by atoms with Crippen molar-refractivity contribution in [2.24, 2.45) is 0 Å². The molecule has 1 heterocycles. The van der Waals surface area contributed by atoms with Crippen molar-refractivity contribution >= 4 is 23.2 Å². The number of benzene rings is 3. The van der Waals surface area contributed by atoms with Crippen molar-refractivity contribution in [2.75, 3.05) is 11.9 Å². The van der Waals surface area contributed by atoms with Crippen LogP contribution in [0.2, 0.25) is 5.02 Å². The van der Waals surface area contributed by atoms with Gasteiger partial charge in [0.1, 0.15) is 5.75 Å². The van der Waals surface area contributed by atoms with Gasteiger partial charge in [0.15, 0.2) is 5.82 Å². The van der Waals surface area contributed by atoms with Crippen molar-refractivity contribution in [3.8, 4) is 22.8 Å². The van der Waals surface area contributed by atoms with E-state index in [-0.39, 0.29) is 5.82 Å². The lowest BCUT2D eigenvalue weighted by atomic mass is 10.2. The third-order valence-corrected chi connectivity index (χ3v) is 4.83. The first-order valence-corrected chi connectivity index (χ1v) is 10.3. The van der Waals surface area contributed by atoms with E-state index in [1.165, 1.54) is 0 Å². The molecule has 156 valence electrons. The van der Waals surface area contributed by atoms with Crippen LogP contribution >= 0.6 is 11.6 Å². The fourth-order valence-corrected chi connectivity index (χ4v) is 3.27. The SMILES string of the molecule is CCOc1ccc(-n2nc(C(=O)Nc3ccc(C)cc3)nc2-c2cccc(Cl)c2)cc1. The molecule has 7 heteroatoms. The Hall–Kier alpha value is -3.64. The summed E-state index contributed by atoms with van der Waals surface area (Å²) in [5, 5.41) is 7.90.